The molecule has 146 valence electrons. The minimum atomic E-state index is -0.539. The number of fused-ring (bicyclic) bond motifs is 1. The van der Waals surface area contributed by atoms with Crippen LogP contribution in [0.4, 0.5) is 5.69 Å². The van der Waals surface area contributed by atoms with Crippen molar-refractivity contribution in [2.24, 2.45) is 0 Å². The Bertz CT molecular complexity index is 1330. The standard InChI is InChI=1S/C22H19N3O3S/c1-14-8-9-17(15(2)12-14)23-19(26)13-24-18-10-11-29-20(18)21(27)25(22(24)28)16-6-4-3-5-7-16/h3-12H,13H2,1-2H3,(H,23,26). The molecule has 0 unspecified atom stereocenters. The molecule has 4 rings (SSSR count). The zero-order valence-corrected chi connectivity index (χ0v) is 16.8. The smallest absolute Gasteiger partial charge is 0.324 e. The van der Waals surface area contributed by atoms with Crippen molar-refractivity contribution in [1.82, 2.24) is 9.13 Å². The minimum absolute atomic E-state index is 0.188. The van der Waals surface area contributed by atoms with Crippen LogP contribution in [0.25, 0.3) is 15.9 Å². The van der Waals surface area contributed by atoms with E-state index in [4.69, 9.17) is 0 Å². The first kappa shape index (κ1) is 18.9. The average Bonchev–Trinajstić information content (AvgIpc) is 3.18. The summed E-state index contributed by atoms with van der Waals surface area (Å²) in [5, 5.41) is 4.61. The van der Waals surface area contributed by atoms with E-state index in [9.17, 15) is 14.4 Å². The summed E-state index contributed by atoms with van der Waals surface area (Å²) in [5.41, 5.74) is 2.77. The zero-order valence-electron chi connectivity index (χ0n) is 16.0. The molecule has 0 aliphatic rings. The van der Waals surface area contributed by atoms with Crippen LogP contribution in [0.1, 0.15) is 11.1 Å². The first-order chi connectivity index (χ1) is 14.0. The zero-order chi connectivity index (χ0) is 20.5. The fourth-order valence-corrected chi connectivity index (χ4v) is 4.16. The van der Waals surface area contributed by atoms with Gasteiger partial charge in [0.15, 0.2) is 0 Å². The lowest BCUT2D eigenvalue weighted by Crippen LogP contribution is -2.40. The Kier molecular flexibility index (Phi) is 4.90. The minimum Gasteiger partial charge on any atom is -0.324 e. The molecule has 0 aliphatic heterocycles. The second-order valence-corrected chi connectivity index (χ2v) is 7.76. The molecule has 0 aliphatic carbocycles. The SMILES string of the molecule is Cc1ccc(NC(=O)Cn2c(=O)n(-c3ccccc3)c(=O)c3sccc32)c(C)c1. The Labute approximate surface area is 170 Å². The largest absolute Gasteiger partial charge is 0.336 e. The molecule has 2 heterocycles. The summed E-state index contributed by atoms with van der Waals surface area (Å²) in [6.07, 6.45) is 0. The van der Waals surface area contributed by atoms with Crippen LogP contribution < -0.4 is 16.6 Å². The van der Waals surface area contributed by atoms with E-state index in [1.807, 2.05) is 38.1 Å². The fraction of sp³-hybridized carbons (Fsp3) is 0.136. The van der Waals surface area contributed by atoms with Gasteiger partial charge in [-0.2, -0.15) is 0 Å². The molecule has 2 aromatic carbocycles. The first-order valence-electron chi connectivity index (χ1n) is 9.11. The molecule has 0 saturated carbocycles. The fourth-order valence-electron chi connectivity index (χ4n) is 3.33. The van der Waals surface area contributed by atoms with Gasteiger partial charge >= 0.3 is 5.69 Å². The predicted molar refractivity (Wildman–Crippen MR) is 116 cm³/mol. The van der Waals surface area contributed by atoms with Gasteiger partial charge in [-0.3, -0.25) is 14.2 Å². The third kappa shape index (κ3) is 3.52. The summed E-state index contributed by atoms with van der Waals surface area (Å²) < 4.78 is 2.90. The summed E-state index contributed by atoms with van der Waals surface area (Å²) in [5.74, 6) is -0.329. The van der Waals surface area contributed by atoms with Gasteiger partial charge in [0.25, 0.3) is 5.56 Å². The van der Waals surface area contributed by atoms with E-state index in [1.54, 1.807) is 35.7 Å². The average molecular weight is 405 g/mol. The number of hydrogen-bond acceptors (Lipinski definition) is 4. The molecule has 29 heavy (non-hydrogen) atoms. The lowest BCUT2D eigenvalue weighted by atomic mass is 10.1. The molecule has 0 spiro atoms. The molecule has 1 N–H and O–H groups in total. The van der Waals surface area contributed by atoms with Gasteiger partial charge in [0, 0.05) is 5.69 Å². The highest BCUT2D eigenvalue weighted by Gasteiger charge is 2.17. The van der Waals surface area contributed by atoms with Crippen molar-refractivity contribution in [2.45, 2.75) is 20.4 Å². The molecule has 0 fully saturated rings. The van der Waals surface area contributed by atoms with Crippen LogP contribution in [-0.4, -0.2) is 15.0 Å². The Morgan fingerprint density at radius 2 is 1.79 bits per heavy atom. The lowest BCUT2D eigenvalue weighted by molar-refractivity contribution is -0.116. The highest BCUT2D eigenvalue weighted by Crippen LogP contribution is 2.18. The van der Waals surface area contributed by atoms with E-state index in [0.717, 1.165) is 15.7 Å². The highest BCUT2D eigenvalue weighted by molar-refractivity contribution is 7.17. The quantitative estimate of drug-likeness (QED) is 0.565. The van der Waals surface area contributed by atoms with E-state index in [2.05, 4.69) is 5.32 Å². The Morgan fingerprint density at radius 1 is 1.03 bits per heavy atom. The number of para-hydroxylation sites is 1. The van der Waals surface area contributed by atoms with Crippen molar-refractivity contribution in [3.8, 4) is 5.69 Å². The number of aromatic nitrogens is 2. The van der Waals surface area contributed by atoms with Gasteiger partial charge in [-0.1, -0.05) is 35.9 Å². The normalized spacial score (nSPS) is 11.0. The third-order valence-corrected chi connectivity index (χ3v) is 5.62. The van der Waals surface area contributed by atoms with Crippen LogP contribution in [0.5, 0.6) is 0 Å². The van der Waals surface area contributed by atoms with Gasteiger partial charge in [-0.05, 0) is 49.1 Å². The van der Waals surface area contributed by atoms with Gasteiger partial charge < -0.3 is 5.32 Å². The number of benzene rings is 2. The second kappa shape index (κ2) is 7.52. The maximum absolute atomic E-state index is 13.2. The molecule has 7 heteroatoms. The molecule has 0 bridgehead atoms. The van der Waals surface area contributed by atoms with E-state index >= 15 is 0 Å². The van der Waals surface area contributed by atoms with Crippen molar-refractivity contribution in [3.63, 3.8) is 0 Å². The van der Waals surface area contributed by atoms with Crippen molar-refractivity contribution >= 4 is 33.1 Å². The summed E-state index contributed by atoms with van der Waals surface area (Å²) in [7, 11) is 0. The maximum atomic E-state index is 13.2. The van der Waals surface area contributed by atoms with Crippen molar-refractivity contribution in [1.29, 1.82) is 0 Å². The number of nitrogens with one attached hydrogen (secondary N) is 1. The number of aryl methyl sites for hydroxylation is 2. The summed E-state index contributed by atoms with van der Waals surface area (Å²) >= 11 is 1.26. The molecule has 0 radical (unpaired) electrons. The summed E-state index contributed by atoms with van der Waals surface area (Å²) in [6, 6.07) is 16.2. The van der Waals surface area contributed by atoms with Gasteiger partial charge in [-0.15, -0.1) is 11.3 Å². The number of carbonyl (C=O) groups is 1. The van der Waals surface area contributed by atoms with Gasteiger partial charge in [0.05, 0.1) is 11.2 Å². The van der Waals surface area contributed by atoms with Crippen molar-refractivity contribution in [2.75, 3.05) is 5.32 Å². The molecule has 2 aromatic heterocycles. The Hall–Kier alpha value is -3.45. The third-order valence-electron chi connectivity index (χ3n) is 4.73. The van der Waals surface area contributed by atoms with Crippen LogP contribution >= 0.6 is 11.3 Å². The molecule has 1 amide bonds. The number of amides is 1. The monoisotopic (exact) mass is 405 g/mol. The van der Waals surface area contributed by atoms with E-state index in [1.165, 1.54) is 15.9 Å². The van der Waals surface area contributed by atoms with Crippen LogP contribution in [0.2, 0.25) is 0 Å². The van der Waals surface area contributed by atoms with Gasteiger partial charge in [-0.25, -0.2) is 9.36 Å². The number of thiophene rings is 1. The Balaban J connectivity index is 1.78. The molecular weight excluding hydrogens is 386 g/mol. The molecule has 6 nitrogen and oxygen atoms in total. The topological polar surface area (TPSA) is 73.1 Å². The van der Waals surface area contributed by atoms with Gasteiger partial charge in [0.1, 0.15) is 11.2 Å². The Morgan fingerprint density at radius 3 is 2.52 bits per heavy atom. The summed E-state index contributed by atoms with van der Waals surface area (Å²) in [4.78, 5) is 38.7. The molecule has 0 atom stereocenters. The van der Waals surface area contributed by atoms with Gasteiger partial charge in [0.2, 0.25) is 5.91 Å². The number of hydrogen-bond donors (Lipinski definition) is 1. The van der Waals surface area contributed by atoms with Crippen molar-refractivity contribution in [3.05, 3.63) is 91.9 Å². The first-order valence-corrected chi connectivity index (χ1v) is 9.99. The summed E-state index contributed by atoms with van der Waals surface area (Å²) in [6.45, 7) is 3.71. The van der Waals surface area contributed by atoms with E-state index < -0.39 is 5.69 Å². The second-order valence-electron chi connectivity index (χ2n) is 6.85. The van der Waals surface area contributed by atoms with Crippen LogP contribution in [0, 0.1) is 13.8 Å². The molecule has 4 aromatic rings. The maximum Gasteiger partial charge on any atom is 0.336 e. The number of carbonyl (C=O) groups excluding carboxylic acids is 1. The number of nitrogens with zero attached hydrogens (tertiary/aromatic N) is 2. The number of anilines is 1. The van der Waals surface area contributed by atoms with Crippen LogP contribution in [-0.2, 0) is 11.3 Å². The van der Waals surface area contributed by atoms with Crippen LogP contribution in [0.3, 0.4) is 0 Å². The lowest BCUT2D eigenvalue weighted by Gasteiger charge is -2.13. The highest BCUT2D eigenvalue weighted by atomic mass is 32.1. The van der Waals surface area contributed by atoms with E-state index in [0.29, 0.717) is 21.6 Å². The van der Waals surface area contributed by atoms with E-state index in [-0.39, 0.29) is 18.0 Å². The predicted octanol–water partition coefficient (Wildman–Crippen LogP) is 3.47. The molecule has 0 saturated heterocycles. The molecular formula is C22H19N3O3S. The van der Waals surface area contributed by atoms with Crippen LogP contribution in [0.15, 0.2) is 69.6 Å². The number of rotatable bonds is 4. The van der Waals surface area contributed by atoms with Crippen molar-refractivity contribution < 1.29 is 4.79 Å².